The van der Waals surface area contributed by atoms with E-state index in [4.69, 9.17) is 14.2 Å². The zero-order chi connectivity index (χ0) is 8.97. The molecule has 12 heavy (non-hydrogen) atoms. The Morgan fingerprint density at radius 3 is 2.25 bits per heavy atom. The summed E-state index contributed by atoms with van der Waals surface area (Å²) < 4.78 is 15.7. The molecule has 0 aromatic heterocycles. The summed E-state index contributed by atoms with van der Waals surface area (Å²) in [6, 6.07) is 0. The van der Waals surface area contributed by atoms with Crippen molar-refractivity contribution < 1.29 is 14.2 Å². The van der Waals surface area contributed by atoms with Crippen molar-refractivity contribution in [2.75, 3.05) is 21.3 Å². The number of rotatable bonds is 3. The second-order valence-electron chi connectivity index (χ2n) is 2.87. The lowest BCUT2D eigenvalue weighted by Gasteiger charge is -2.28. The largest absolute Gasteiger partial charge is 0.378 e. The van der Waals surface area contributed by atoms with Gasteiger partial charge >= 0.3 is 0 Å². The average molecular weight is 172 g/mol. The van der Waals surface area contributed by atoms with Gasteiger partial charge < -0.3 is 14.2 Å². The van der Waals surface area contributed by atoms with Gasteiger partial charge in [0.15, 0.2) is 0 Å². The minimum Gasteiger partial charge on any atom is -0.378 e. The average Bonchev–Trinajstić information content (AvgIpc) is 2.16. The lowest BCUT2D eigenvalue weighted by molar-refractivity contribution is -0.0436. The lowest BCUT2D eigenvalue weighted by Crippen LogP contribution is -2.35. The molecule has 0 amide bonds. The van der Waals surface area contributed by atoms with Gasteiger partial charge in [0.25, 0.3) is 0 Å². The van der Waals surface area contributed by atoms with Gasteiger partial charge in [0, 0.05) is 27.8 Å². The van der Waals surface area contributed by atoms with E-state index in [-0.39, 0.29) is 18.3 Å². The van der Waals surface area contributed by atoms with Crippen LogP contribution >= 0.6 is 0 Å². The van der Waals surface area contributed by atoms with Crippen molar-refractivity contribution in [2.45, 2.75) is 24.7 Å². The molecular weight excluding hydrogens is 156 g/mol. The van der Waals surface area contributed by atoms with Gasteiger partial charge in [-0.3, -0.25) is 0 Å². The first-order valence-corrected chi connectivity index (χ1v) is 4.08. The third-order valence-electron chi connectivity index (χ3n) is 2.22. The highest BCUT2D eigenvalue weighted by Crippen LogP contribution is 2.18. The molecule has 0 aliphatic heterocycles. The Morgan fingerprint density at radius 1 is 1.00 bits per heavy atom. The maximum atomic E-state index is 5.27. The molecule has 0 saturated carbocycles. The summed E-state index contributed by atoms with van der Waals surface area (Å²) in [5.74, 6) is 0. The van der Waals surface area contributed by atoms with Crippen LogP contribution in [0.15, 0.2) is 12.2 Å². The standard InChI is InChI=1S/C9H16O3/c1-10-7-4-5-8(11-2)9(6-7)12-3/h4-5,7-9H,6H2,1-3H3/t7-,8-,9-/m0/s1. The third-order valence-corrected chi connectivity index (χ3v) is 2.22. The second-order valence-corrected chi connectivity index (χ2v) is 2.87. The Kier molecular flexibility index (Phi) is 3.72. The molecule has 3 heteroatoms. The van der Waals surface area contributed by atoms with Gasteiger partial charge in [-0.15, -0.1) is 0 Å². The van der Waals surface area contributed by atoms with Gasteiger partial charge in [-0.2, -0.15) is 0 Å². The molecule has 0 saturated heterocycles. The number of hydrogen-bond donors (Lipinski definition) is 0. The van der Waals surface area contributed by atoms with E-state index >= 15 is 0 Å². The summed E-state index contributed by atoms with van der Waals surface area (Å²) in [5.41, 5.74) is 0. The van der Waals surface area contributed by atoms with Gasteiger partial charge in [0.1, 0.15) is 6.10 Å². The molecule has 0 spiro atoms. The van der Waals surface area contributed by atoms with Crippen LogP contribution in [0, 0.1) is 0 Å². The summed E-state index contributed by atoms with van der Waals surface area (Å²) in [6.07, 6.45) is 5.23. The quantitative estimate of drug-likeness (QED) is 0.594. The zero-order valence-corrected chi connectivity index (χ0v) is 7.82. The van der Waals surface area contributed by atoms with Gasteiger partial charge in [-0.25, -0.2) is 0 Å². The molecule has 0 bridgehead atoms. The van der Waals surface area contributed by atoms with E-state index in [1.54, 1.807) is 21.3 Å². The van der Waals surface area contributed by atoms with E-state index in [1.165, 1.54) is 0 Å². The molecule has 0 N–H and O–H groups in total. The first kappa shape index (κ1) is 9.71. The van der Waals surface area contributed by atoms with E-state index in [9.17, 15) is 0 Å². The van der Waals surface area contributed by atoms with Crippen LogP contribution in [0.3, 0.4) is 0 Å². The first-order valence-electron chi connectivity index (χ1n) is 4.08. The van der Waals surface area contributed by atoms with Crippen LogP contribution in [0.2, 0.25) is 0 Å². The number of methoxy groups -OCH3 is 3. The minimum atomic E-state index is 0.0707. The van der Waals surface area contributed by atoms with E-state index in [1.807, 2.05) is 12.2 Å². The molecule has 1 aliphatic carbocycles. The zero-order valence-electron chi connectivity index (χ0n) is 7.82. The van der Waals surface area contributed by atoms with Crippen molar-refractivity contribution in [3.05, 3.63) is 12.2 Å². The highest BCUT2D eigenvalue weighted by atomic mass is 16.5. The minimum absolute atomic E-state index is 0.0707. The van der Waals surface area contributed by atoms with Crippen LogP contribution in [-0.4, -0.2) is 39.6 Å². The fourth-order valence-electron chi connectivity index (χ4n) is 1.43. The Labute approximate surface area is 73.3 Å². The van der Waals surface area contributed by atoms with Crippen LogP contribution in [0.25, 0.3) is 0 Å². The summed E-state index contributed by atoms with van der Waals surface area (Å²) >= 11 is 0. The van der Waals surface area contributed by atoms with Crippen molar-refractivity contribution >= 4 is 0 Å². The number of hydrogen-bond acceptors (Lipinski definition) is 3. The second kappa shape index (κ2) is 4.60. The molecule has 0 heterocycles. The molecule has 70 valence electrons. The van der Waals surface area contributed by atoms with E-state index in [2.05, 4.69) is 0 Å². The fourth-order valence-corrected chi connectivity index (χ4v) is 1.43. The Morgan fingerprint density at radius 2 is 1.75 bits per heavy atom. The third kappa shape index (κ3) is 2.06. The van der Waals surface area contributed by atoms with Crippen molar-refractivity contribution in [1.29, 1.82) is 0 Å². The predicted octanol–water partition coefficient (Wildman–Crippen LogP) is 0.991. The van der Waals surface area contributed by atoms with Crippen LogP contribution in [0.4, 0.5) is 0 Å². The molecule has 0 unspecified atom stereocenters. The van der Waals surface area contributed by atoms with E-state index in [0.29, 0.717) is 0 Å². The van der Waals surface area contributed by atoms with Crippen LogP contribution in [0.5, 0.6) is 0 Å². The SMILES string of the molecule is CO[C@H]1C=C[C@H](OC)C[C@@H]1OC. The van der Waals surface area contributed by atoms with Crippen molar-refractivity contribution in [1.82, 2.24) is 0 Å². The Hall–Kier alpha value is -0.380. The van der Waals surface area contributed by atoms with Crippen LogP contribution < -0.4 is 0 Å². The molecule has 3 atom stereocenters. The van der Waals surface area contributed by atoms with Gasteiger partial charge in [0.2, 0.25) is 0 Å². The molecule has 0 aromatic rings. The Bertz CT molecular complexity index is 156. The lowest BCUT2D eigenvalue weighted by atomic mass is 9.99. The van der Waals surface area contributed by atoms with Crippen molar-refractivity contribution in [3.63, 3.8) is 0 Å². The van der Waals surface area contributed by atoms with Crippen LogP contribution in [0.1, 0.15) is 6.42 Å². The Balaban J connectivity index is 2.56. The van der Waals surface area contributed by atoms with Crippen LogP contribution in [-0.2, 0) is 14.2 Å². The van der Waals surface area contributed by atoms with Gasteiger partial charge in [-0.1, -0.05) is 12.2 Å². The molecule has 0 fully saturated rings. The van der Waals surface area contributed by atoms with Crippen molar-refractivity contribution in [2.24, 2.45) is 0 Å². The summed E-state index contributed by atoms with van der Waals surface area (Å²) in [5, 5.41) is 0. The fraction of sp³-hybridized carbons (Fsp3) is 0.778. The van der Waals surface area contributed by atoms with E-state index < -0.39 is 0 Å². The normalized spacial score (nSPS) is 35.4. The predicted molar refractivity (Wildman–Crippen MR) is 46.1 cm³/mol. The molecule has 1 rings (SSSR count). The smallest absolute Gasteiger partial charge is 0.102 e. The number of ether oxygens (including phenoxy) is 3. The highest BCUT2D eigenvalue weighted by Gasteiger charge is 2.25. The van der Waals surface area contributed by atoms with Gasteiger partial charge in [-0.05, 0) is 0 Å². The summed E-state index contributed by atoms with van der Waals surface area (Å²) in [6.45, 7) is 0. The maximum absolute atomic E-state index is 5.27. The molecule has 0 aromatic carbocycles. The first-order chi connectivity index (χ1) is 5.81. The summed E-state index contributed by atoms with van der Waals surface area (Å²) in [7, 11) is 5.09. The maximum Gasteiger partial charge on any atom is 0.102 e. The van der Waals surface area contributed by atoms with E-state index in [0.717, 1.165) is 6.42 Å². The topological polar surface area (TPSA) is 27.7 Å². The van der Waals surface area contributed by atoms with Gasteiger partial charge in [0.05, 0.1) is 12.2 Å². The molecular formula is C9H16O3. The summed E-state index contributed by atoms with van der Waals surface area (Å²) in [4.78, 5) is 0. The molecule has 3 nitrogen and oxygen atoms in total. The van der Waals surface area contributed by atoms with Crippen molar-refractivity contribution in [3.8, 4) is 0 Å². The monoisotopic (exact) mass is 172 g/mol. The highest BCUT2D eigenvalue weighted by molar-refractivity contribution is 5.04. The molecule has 1 aliphatic rings. The molecule has 0 radical (unpaired) electrons.